The Balaban J connectivity index is 1.81. The van der Waals surface area contributed by atoms with Gasteiger partial charge in [-0.15, -0.1) is 0 Å². The third kappa shape index (κ3) is 2.54. The minimum Gasteiger partial charge on any atom is -0.352 e. The number of carbonyl (C=O) groups is 1. The molecule has 0 radical (unpaired) electrons. The van der Waals surface area contributed by atoms with Gasteiger partial charge in [0.25, 0.3) is 0 Å². The highest BCUT2D eigenvalue weighted by Gasteiger charge is 2.33. The molecule has 3 nitrogen and oxygen atoms in total. The van der Waals surface area contributed by atoms with Crippen molar-refractivity contribution in [3.63, 3.8) is 0 Å². The third-order valence-corrected chi connectivity index (χ3v) is 5.19. The van der Waals surface area contributed by atoms with Gasteiger partial charge in [-0.25, -0.2) is 0 Å². The zero-order valence-electron chi connectivity index (χ0n) is 10.2. The Morgan fingerprint density at radius 1 is 1.44 bits per heavy atom. The second kappa shape index (κ2) is 5.41. The first-order valence-electron chi connectivity index (χ1n) is 6.26. The molecular weight excluding hydrogens is 220 g/mol. The van der Waals surface area contributed by atoms with Crippen molar-refractivity contribution in [3.8, 4) is 0 Å². The lowest BCUT2D eigenvalue weighted by Crippen LogP contribution is -2.51. The van der Waals surface area contributed by atoms with Gasteiger partial charge in [-0.3, -0.25) is 4.79 Å². The van der Waals surface area contributed by atoms with E-state index in [-0.39, 0.29) is 11.8 Å². The molecule has 1 saturated heterocycles. The van der Waals surface area contributed by atoms with Gasteiger partial charge in [0.2, 0.25) is 5.91 Å². The summed E-state index contributed by atoms with van der Waals surface area (Å²) < 4.78 is 0. The van der Waals surface area contributed by atoms with Crippen molar-refractivity contribution in [2.75, 3.05) is 19.3 Å². The molecule has 1 aliphatic carbocycles. The van der Waals surface area contributed by atoms with Crippen LogP contribution in [0.5, 0.6) is 0 Å². The summed E-state index contributed by atoms with van der Waals surface area (Å²) in [6, 6.07) is 0.415. The highest BCUT2D eigenvalue weighted by Crippen LogP contribution is 2.29. The van der Waals surface area contributed by atoms with E-state index in [9.17, 15) is 4.79 Å². The van der Waals surface area contributed by atoms with Crippen molar-refractivity contribution < 1.29 is 4.79 Å². The number of rotatable bonds is 4. The number of amides is 1. The van der Waals surface area contributed by atoms with E-state index in [1.54, 1.807) is 0 Å². The average Bonchev–Trinajstić information content (AvgIpc) is 2.62. The van der Waals surface area contributed by atoms with E-state index in [2.05, 4.69) is 23.8 Å². The van der Waals surface area contributed by atoms with E-state index in [4.69, 9.17) is 0 Å². The Morgan fingerprint density at radius 3 is 2.75 bits per heavy atom. The van der Waals surface area contributed by atoms with Gasteiger partial charge in [-0.2, -0.15) is 11.8 Å². The first kappa shape index (κ1) is 12.2. The van der Waals surface area contributed by atoms with Crippen LogP contribution >= 0.6 is 11.8 Å². The molecular formula is C12H22N2OS. The molecule has 0 aromatic heterocycles. The monoisotopic (exact) mass is 242 g/mol. The topological polar surface area (TPSA) is 41.1 Å². The SMILES string of the molecule is CSC1CCCC1NC(=O)C(C)C1CNC1. The van der Waals surface area contributed by atoms with E-state index < -0.39 is 0 Å². The third-order valence-electron chi connectivity index (χ3n) is 4.02. The zero-order chi connectivity index (χ0) is 11.5. The lowest BCUT2D eigenvalue weighted by Gasteiger charge is -2.33. The quantitative estimate of drug-likeness (QED) is 0.779. The highest BCUT2D eigenvalue weighted by atomic mass is 32.2. The van der Waals surface area contributed by atoms with Gasteiger partial charge in [0.15, 0.2) is 0 Å². The van der Waals surface area contributed by atoms with Crippen molar-refractivity contribution in [1.82, 2.24) is 10.6 Å². The predicted octanol–water partition coefficient (Wildman–Crippen LogP) is 1.24. The van der Waals surface area contributed by atoms with Crippen LogP contribution in [-0.2, 0) is 4.79 Å². The molecule has 0 spiro atoms. The van der Waals surface area contributed by atoms with Crippen LogP contribution in [-0.4, -0.2) is 36.5 Å². The second-order valence-corrected chi connectivity index (χ2v) is 6.10. The summed E-state index contributed by atoms with van der Waals surface area (Å²) in [7, 11) is 0. The van der Waals surface area contributed by atoms with E-state index in [0.29, 0.717) is 17.2 Å². The fourth-order valence-corrected chi connectivity index (χ4v) is 3.50. The Hall–Kier alpha value is -0.220. The van der Waals surface area contributed by atoms with Crippen LogP contribution in [0.3, 0.4) is 0 Å². The van der Waals surface area contributed by atoms with Crippen LogP contribution in [0.2, 0.25) is 0 Å². The molecule has 2 N–H and O–H groups in total. The number of carbonyl (C=O) groups excluding carboxylic acids is 1. The minimum atomic E-state index is 0.171. The normalized spacial score (nSPS) is 32.1. The summed E-state index contributed by atoms with van der Waals surface area (Å²) in [5, 5.41) is 7.10. The van der Waals surface area contributed by atoms with E-state index in [1.165, 1.54) is 12.8 Å². The molecule has 3 atom stereocenters. The van der Waals surface area contributed by atoms with Crippen molar-refractivity contribution in [2.45, 2.75) is 37.5 Å². The van der Waals surface area contributed by atoms with Gasteiger partial charge in [-0.05, 0) is 38.1 Å². The van der Waals surface area contributed by atoms with Crippen molar-refractivity contribution in [3.05, 3.63) is 0 Å². The summed E-state index contributed by atoms with van der Waals surface area (Å²) in [4.78, 5) is 12.0. The molecule has 16 heavy (non-hydrogen) atoms. The first-order chi connectivity index (χ1) is 7.72. The largest absolute Gasteiger partial charge is 0.352 e. The van der Waals surface area contributed by atoms with Gasteiger partial charge in [-0.1, -0.05) is 13.3 Å². The Labute approximate surface area is 102 Å². The number of nitrogens with one attached hydrogen (secondary N) is 2. The Morgan fingerprint density at radius 2 is 2.19 bits per heavy atom. The smallest absolute Gasteiger partial charge is 0.223 e. The maximum absolute atomic E-state index is 12.0. The van der Waals surface area contributed by atoms with Crippen LogP contribution in [0.1, 0.15) is 26.2 Å². The number of thioether (sulfide) groups is 1. The lowest BCUT2D eigenvalue weighted by atomic mass is 9.88. The van der Waals surface area contributed by atoms with Gasteiger partial charge < -0.3 is 10.6 Å². The molecule has 2 aliphatic rings. The maximum atomic E-state index is 12.0. The molecule has 4 heteroatoms. The van der Waals surface area contributed by atoms with Gasteiger partial charge in [0, 0.05) is 17.2 Å². The number of hydrogen-bond acceptors (Lipinski definition) is 3. The summed E-state index contributed by atoms with van der Waals surface area (Å²) in [6.07, 6.45) is 5.82. The molecule has 2 rings (SSSR count). The Bertz CT molecular complexity index is 255. The highest BCUT2D eigenvalue weighted by molar-refractivity contribution is 7.99. The molecule has 0 aromatic rings. The maximum Gasteiger partial charge on any atom is 0.223 e. The summed E-state index contributed by atoms with van der Waals surface area (Å²) in [6.45, 7) is 4.07. The molecule has 3 unspecified atom stereocenters. The minimum absolute atomic E-state index is 0.171. The van der Waals surface area contributed by atoms with Crippen molar-refractivity contribution >= 4 is 17.7 Å². The fourth-order valence-electron chi connectivity index (χ4n) is 2.57. The Kier molecular flexibility index (Phi) is 4.14. The predicted molar refractivity (Wildman–Crippen MR) is 68.6 cm³/mol. The van der Waals surface area contributed by atoms with Crippen LogP contribution in [0.25, 0.3) is 0 Å². The molecule has 92 valence electrons. The van der Waals surface area contributed by atoms with Gasteiger partial charge in [0.1, 0.15) is 0 Å². The van der Waals surface area contributed by atoms with Crippen LogP contribution < -0.4 is 10.6 Å². The van der Waals surface area contributed by atoms with Crippen LogP contribution in [0.15, 0.2) is 0 Å². The molecule has 2 fully saturated rings. The lowest BCUT2D eigenvalue weighted by molar-refractivity contribution is -0.127. The summed E-state index contributed by atoms with van der Waals surface area (Å²) in [5.74, 6) is 0.982. The number of hydrogen-bond donors (Lipinski definition) is 2. The molecule has 1 amide bonds. The molecule has 1 saturated carbocycles. The molecule has 0 aromatic carbocycles. The molecule has 0 bridgehead atoms. The van der Waals surface area contributed by atoms with E-state index >= 15 is 0 Å². The summed E-state index contributed by atoms with van der Waals surface area (Å²) >= 11 is 1.90. The van der Waals surface area contributed by atoms with E-state index in [0.717, 1.165) is 19.5 Å². The zero-order valence-corrected chi connectivity index (χ0v) is 11.0. The first-order valence-corrected chi connectivity index (χ1v) is 7.55. The van der Waals surface area contributed by atoms with Crippen LogP contribution in [0, 0.1) is 11.8 Å². The van der Waals surface area contributed by atoms with Gasteiger partial charge >= 0.3 is 0 Å². The van der Waals surface area contributed by atoms with Crippen molar-refractivity contribution in [1.29, 1.82) is 0 Å². The standard InChI is InChI=1S/C12H22N2OS/c1-8(9-6-13-7-9)12(15)14-10-4-3-5-11(10)16-2/h8-11,13H,3-7H2,1-2H3,(H,14,15). The second-order valence-electron chi connectivity index (χ2n) is 5.03. The van der Waals surface area contributed by atoms with Crippen LogP contribution in [0.4, 0.5) is 0 Å². The van der Waals surface area contributed by atoms with E-state index in [1.807, 2.05) is 11.8 Å². The fraction of sp³-hybridized carbons (Fsp3) is 0.917. The molecule has 1 aliphatic heterocycles. The molecule has 1 heterocycles. The van der Waals surface area contributed by atoms with Crippen molar-refractivity contribution in [2.24, 2.45) is 11.8 Å². The average molecular weight is 242 g/mol. The van der Waals surface area contributed by atoms with Gasteiger partial charge in [0.05, 0.1) is 0 Å². The summed E-state index contributed by atoms with van der Waals surface area (Å²) in [5.41, 5.74) is 0.